The number of amides is 2. The SMILES string of the molecule is CCc1cccc(OCC(=O)Nc2ccc3c(c2)OCC(=O)N3CCN2CCOCC2)c1. The Morgan fingerprint density at radius 1 is 1.12 bits per heavy atom. The second-order valence-corrected chi connectivity index (χ2v) is 7.81. The fourth-order valence-electron chi connectivity index (χ4n) is 3.79. The van der Waals surface area contributed by atoms with Crippen LogP contribution in [0.3, 0.4) is 0 Å². The van der Waals surface area contributed by atoms with Crippen molar-refractivity contribution in [2.75, 3.05) is 62.8 Å². The lowest BCUT2D eigenvalue weighted by molar-refractivity contribution is -0.121. The van der Waals surface area contributed by atoms with Gasteiger partial charge in [-0.25, -0.2) is 0 Å². The van der Waals surface area contributed by atoms with E-state index >= 15 is 0 Å². The van der Waals surface area contributed by atoms with E-state index in [2.05, 4.69) is 17.1 Å². The molecule has 2 aliphatic rings. The Balaban J connectivity index is 1.34. The molecule has 2 aromatic carbocycles. The molecule has 8 heteroatoms. The van der Waals surface area contributed by atoms with Crippen molar-refractivity contribution in [3.8, 4) is 11.5 Å². The zero-order valence-corrected chi connectivity index (χ0v) is 18.3. The number of aryl methyl sites for hydroxylation is 1. The molecule has 170 valence electrons. The van der Waals surface area contributed by atoms with Crippen LogP contribution in [-0.4, -0.2) is 69.3 Å². The average Bonchev–Trinajstić information content (AvgIpc) is 2.83. The molecule has 0 bridgehead atoms. The zero-order valence-electron chi connectivity index (χ0n) is 18.3. The molecule has 0 radical (unpaired) electrons. The number of nitrogens with one attached hydrogen (secondary N) is 1. The predicted octanol–water partition coefficient (Wildman–Crippen LogP) is 2.32. The maximum Gasteiger partial charge on any atom is 0.265 e. The lowest BCUT2D eigenvalue weighted by atomic mass is 10.2. The molecule has 2 heterocycles. The molecule has 0 aromatic heterocycles. The van der Waals surface area contributed by atoms with Gasteiger partial charge in [0.25, 0.3) is 11.8 Å². The number of carbonyl (C=O) groups excluding carboxylic acids is 2. The number of hydrogen-bond acceptors (Lipinski definition) is 6. The van der Waals surface area contributed by atoms with Crippen LogP contribution in [0, 0.1) is 0 Å². The third-order valence-corrected chi connectivity index (χ3v) is 5.61. The van der Waals surface area contributed by atoms with Crippen molar-refractivity contribution in [1.82, 2.24) is 4.90 Å². The summed E-state index contributed by atoms with van der Waals surface area (Å²) in [5, 5.41) is 2.83. The van der Waals surface area contributed by atoms with Gasteiger partial charge < -0.3 is 24.4 Å². The van der Waals surface area contributed by atoms with E-state index in [1.807, 2.05) is 30.3 Å². The largest absolute Gasteiger partial charge is 0.484 e. The van der Waals surface area contributed by atoms with Gasteiger partial charge in [-0.1, -0.05) is 19.1 Å². The van der Waals surface area contributed by atoms with Crippen LogP contribution in [0.4, 0.5) is 11.4 Å². The van der Waals surface area contributed by atoms with Crippen molar-refractivity contribution in [2.45, 2.75) is 13.3 Å². The molecule has 1 saturated heterocycles. The minimum atomic E-state index is -0.261. The molecule has 0 spiro atoms. The van der Waals surface area contributed by atoms with Gasteiger partial charge in [-0.2, -0.15) is 0 Å². The average molecular weight is 440 g/mol. The number of benzene rings is 2. The van der Waals surface area contributed by atoms with Gasteiger partial charge in [-0.05, 0) is 36.2 Å². The lowest BCUT2D eigenvalue weighted by Gasteiger charge is -2.33. The summed E-state index contributed by atoms with van der Waals surface area (Å²) in [5.74, 6) is 0.928. The van der Waals surface area contributed by atoms with Gasteiger partial charge >= 0.3 is 0 Å². The van der Waals surface area contributed by atoms with Crippen LogP contribution in [-0.2, 0) is 20.7 Å². The number of hydrogen-bond donors (Lipinski definition) is 1. The summed E-state index contributed by atoms with van der Waals surface area (Å²) in [7, 11) is 0. The van der Waals surface area contributed by atoms with Crippen molar-refractivity contribution in [1.29, 1.82) is 0 Å². The van der Waals surface area contributed by atoms with Crippen molar-refractivity contribution < 1.29 is 23.8 Å². The molecule has 0 atom stereocenters. The third kappa shape index (κ3) is 5.57. The topological polar surface area (TPSA) is 80.3 Å². The molecule has 2 amide bonds. The van der Waals surface area contributed by atoms with Crippen molar-refractivity contribution in [2.24, 2.45) is 0 Å². The molecular weight excluding hydrogens is 410 g/mol. The summed E-state index contributed by atoms with van der Waals surface area (Å²) in [6.07, 6.45) is 0.907. The molecule has 1 fully saturated rings. The van der Waals surface area contributed by atoms with Crippen LogP contribution in [0.1, 0.15) is 12.5 Å². The maximum absolute atomic E-state index is 12.4. The van der Waals surface area contributed by atoms with E-state index in [-0.39, 0.29) is 25.0 Å². The van der Waals surface area contributed by atoms with Gasteiger partial charge in [0.1, 0.15) is 11.5 Å². The second-order valence-electron chi connectivity index (χ2n) is 7.81. The number of anilines is 2. The smallest absolute Gasteiger partial charge is 0.265 e. The van der Waals surface area contributed by atoms with Crippen LogP contribution < -0.4 is 19.7 Å². The summed E-state index contributed by atoms with van der Waals surface area (Å²) >= 11 is 0. The van der Waals surface area contributed by atoms with E-state index in [9.17, 15) is 9.59 Å². The van der Waals surface area contributed by atoms with Crippen LogP contribution >= 0.6 is 0 Å². The fraction of sp³-hybridized carbons (Fsp3) is 0.417. The minimum Gasteiger partial charge on any atom is -0.484 e. The Morgan fingerprint density at radius 2 is 1.97 bits per heavy atom. The lowest BCUT2D eigenvalue weighted by Crippen LogP contribution is -2.45. The molecule has 4 rings (SSSR count). The van der Waals surface area contributed by atoms with Crippen molar-refractivity contribution in [3.05, 3.63) is 48.0 Å². The number of fused-ring (bicyclic) bond motifs is 1. The molecule has 32 heavy (non-hydrogen) atoms. The van der Waals surface area contributed by atoms with Gasteiger partial charge in [0.2, 0.25) is 0 Å². The molecule has 2 aromatic rings. The molecular formula is C24H29N3O5. The quantitative estimate of drug-likeness (QED) is 0.680. The van der Waals surface area contributed by atoms with Gasteiger partial charge in [-0.3, -0.25) is 14.5 Å². The van der Waals surface area contributed by atoms with Crippen molar-refractivity contribution in [3.63, 3.8) is 0 Å². The number of nitrogens with zero attached hydrogens (tertiary/aromatic N) is 2. The summed E-state index contributed by atoms with van der Waals surface area (Å²) in [5.41, 5.74) is 2.48. The summed E-state index contributed by atoms with van der Waals surface area (Å²) < 4.78 is 16.6. The highest BCUT2D eigenvalue weighted by Crippen LogP contribution is 2.34. The van der Waals surface area contributed by atoms with Crippen molar-refractivity contribution >= 4 is 23.2 Å². The molecule has 0 saturated carbocycles. The number of rotatable bonds is 8. The van der Waals surface area contributed by atoms with Crippen LogP contribution in [0.2, 0.25) is 0 Å². The highest BCUT2D eigenvalue weighted by Gasteiger charge is 2.26. The summed E-state index contributed by atoms with van der Waals surface area (Å²) in [6, 6.07) is 13.0. The number of carbonyl (C=O) groups is 2. The highest BCUT2D eigenvalue weighted by molar-refractivity contribution is 5.99. The fourth-order valence-corrected chi connectivity index (χ4v) is 3.79. The van der Waals surface area contributed by atoms with Crippen LogP contribution in [0.15, 0.2) is 42.5 Å². The van der Waals surface area contributed by atoms with Gasteiger partial charge in [0.05, 0.1) is 18.9 Å². The van der Waals surface area contributed by atoms with E-state index < -0.39 is 0 Å². The Hall–Kier alpha value is -3.10. The zero-order chi connectivity index (χ0) is 22.3. The second kappa shape index (κ2) is 10.5. The normalized spacial score (nSPS) is 16.3. The number of morpholine rings is 1. The Bertz CT molecular complexity index is 958. The Kier molecular flexibility index (Phi) is 7.24. The van der Waals surface area contributed by atoms with Gasteiger partial charge in [0, 0.05) is 37.9 Å². The van der Waals surface area contributed by atoms with E-state index in [4.69, 9.17) is 14.2 Å². The van der Waals surface area contributed by atoms with E-state index in [1.165, 1.54) is 0 Å². The van der Waals surface area contributed by atoms with E-state index in [1.54, 1.807) is 17.0 Å². The Morgan fingerprint density at radius 3 is 2.78 bits per heavy atom. The third-order valence-electron chi connectivity index (χ3n) is 5.61. The van der Waals surface area contributed by atoms with E-state index in [0.717, 1.165) is 50.5 Å². The highest BCUT2D eigenvalue weighted by atomic mass is 16.5. The Labute approximate surface area is 188 Å². The standard InChI is InChI=1S/C24H29N3O5/c1-2-18-4-3-5-20(14-18)31-16-23(28)25-19-6-7-21-22(15-19)32-17-24(29)27(21)9-8-26-10-12-30-13-11-26/h3-7,14-15H,2,8-13,16-17H2,1H3,(H,25,28). The van der Waals surface area contributed by atoms with Crippen LogP contribution in [0.5, 0.6) is 11.5 Å². The van der Waals surface area contributed by atoms with Gasteiger partial charge in [-0.15, -0.1) is 0 Å². The molecule has 1 N–H and O–H groups in total. The molecule has 0 unspecified atom stereocenters. The number of ether oxygens (including phenoxy) is 3. The minimum absolute atomic E-state index is 0.00953. The first-order valence-corrected chi connectivity index (χ1v) is 11.0. The maximum atomic E-state index is 12.4. The molecule has 8 nitrogen and oxygen atoms in total. The monoisotopic (exact) mass is 439 g/mol. The summed E-state index contributed by atoms with van der Waals surface area (Å²) in [6.45, 7) is 6.55. The first-order valence-electron chi connectivity index (χ1n) is 11.0. The first kappa shape index (κ1) is 22.1. The first-order chi connectivity index (χ1) is 15.6. The van der Waals surface area contributed by atoms with Gasteiger partial charge in [0.15, 0.2) is 13.2 Å². The van der Waals surface area contributed by atoms with Crippen LogP contribution in [0.25, 0.3) is 0 Å². The van der Waals surface area contributed by atoms with E-state index in [0.29, 0.717) is 23.7 Å². The summed E-state index contributed by atoms with van der Waals surface area (Å²) in [4.78, 5) is 28.8. The molecule has 2 aliphatic heterocycles. The predicted molar refractivity (Wildman–Crippen MR) is 121 cm³/mol. The molecule has 0 aliphatic carbocycles.